The monoisotopic (exact) mass is 314 g/mol. The van der Waals surface area contributed by atoms with Crippen molar-refractivity contribution in [3.05, 3.63) is 17.8 Å². The van der Waals surface area contributed by atoms with E-state index in [0.29, 0.717) is 11.9 Å². The number of alkyl halides is 3. The first-order chi connectivity index (χ1) is 10.5. The van der Waals surface area contributed by atoms with E-state index in [-0.39, 0.29) is 0 Å². The van der Waals surface area contributed by atoms with Crippen LogP contribution in [-0.2, 0) is 6.18 Å². The summed E-state index contributed by atoms with van der Waals surface area (Å²) in [5.74, 6) is 0.538. The Bertz CT molecular complexity index is 475. The summed E-state index contributed by atoms with van der Waals surface area (Å²) in [4.78, 5) is 4.54. The predicted molar refractivity (Wildman–Crippen MR) is 77.7 cm³/mol. The van der Waals surface area contributed by atoms with Crippen molar-refractivity contribution < 1.29 is 13.2 Å². The van der Waals surface area contributed by atoms with E-state index in [9.17, 15) is 13.2 Å². The molecular formula is C15H21F3N4. The Morgan fingerprint density at radius 2 is 1.59 bits per heavy atom. The second-order valence-electron chi connectivity index (χ2n) is 6.09. The Balaban J connectivity index is 1.57. The molecule has 2 fully saturated rings. The van der Waals surface area contributed by atoms with E-state index in [1.54, 1.807) is 0 Å². The Hall–Kier alpha value is -1.37. The van der Waals surface area contributed by atoms with Crippen LogP contribution in [0.4, 0.5) is 19.0 Å². The van der Waals surface area contributed by atoms with Crippen LogP contribution in [0.25, 0.3) is 0 Å². The average Bonchev–Trinajstić information content (AvgIpc) is 2.55. The molecule has 4 nitrogen and oxygen atoms in total. The lowest BCUT2D eigenvalue weighted by molar-refractivity contribution is -0.141. The molecule has 3 rings (SSSR count). The summed E-state index contributed by atoms with van der Waals surface area (Å²) in [6.07, 6.45) is 2.10. The van der Waals surface area contributed by atoms with Crippen LogP contribution < -0.4 is 4.90 Å². The lowest BCUT2D eigenvalue weighted by Gasteiger charge is -2.41. The third-order valence-corrected chi connectivity index (χ3v) is 4.67. The van der Waals surface area contributed by atoms with Crippen molar-refractivity contribution in [1.82, 2.24) is 15.1 Å². The van der Waals surface area contributed by atoms with Gasteiger partial charge in [-0.05, 0) is 25.0 Å². The van der Waals surface area contributed by atoms with Crippen LogP contribution in [0, 0.1) is 0 Å². The molecule has 1 saturated carbocycles. The SMILES string of the molecule is FC(F)(F)c1ccc(N2CCN(C3CCCCC3)CC2)nn1. The molecule has 2 heterocycles. The number of halogens is 3. The van der Waals surface area contributed by atoms with E-state index in [1.165, 1.54) is 38.2 Å². The highest BCUT2D eigenvalue weighted by atomic mass is 19.4. The Morgan fingerprint density at radius 1 is 0.909 bits per heavy atom. The van der Waals surface area contributed by atoms with Gasteiger partial charge in [-0.1, -0.05) is 19.3 Å². The first-order valence-electron chi connectivity index (χ1n) is 7.94. The van der Waals surface area contributed by atoms with Crippen LogP contribution in [0.5, 0.6) is 0 Å². The van der Waals surface area contributed by atoms with Gasteiger partial charge in [0.25, 0.3) is 0 Å². The van der Waals surface area contributed by atoms with Gasteiger partial charge in [-0.15, -0.1) is 10.2 Å². The summed E-state index contributed by atoms with van der Waals surface area (Å²) in [7, 11) is 0. The highest BCUT2D eigenvalue weighted by molar-refractivity contribution is 5.38. The van der Waals surface area contributed by atoms with Gasteiger partial charge in [0, 0.05) is 32.2 Å². The molecule has 0 amide bonds. The minimum Gasteiger partial charge on any atom is -0.353 e. The van der Waals surface area contributed by atoms with Crippen molar-refractivity contribution in [2.24, 2.45) is 0 Å². The maximum Gasteiger partial charge on any atom is 0.435 e. The molecule has 0 aromatic carbocycles. The minimum absolute atomic E-state index is 0.538. The molecule has 0 N–H and O–H groups in total. The molecule has 1 aromatic heterocycles. The number of aromatic nitrogens is 2. The molecule has 1 aromatic rings. The maximum atomic E-state index is 12.5. The molecule has 7 heteroatoms. The number of anilines is 1. The molecule has 0 atom stereocenters. The van der Waals surface area contributed by atoms with E-state index in [2.05, 4.69) is 15.1 Å². The van der Waals surface area contributed by atoms with E-state index in [0.717, 1.165) is 32.2 Å². The van der Waals surface area contributed by atoms with Crippen LogP contribution in [-0.4, -0.2) is 47.3 Å². The highest BCUT2D eigenvalue weighted by Crippen LogP contribution is 2.28. The van der Waals surface area contributed by atoms with Crippen LogP contribution >= 0.6 is 0 Å². The summed E-state index contributed by atoms with van der Waals surface area (Å²) in [6, 6.07) is 3.12. The van der Waals surface area contributed by atoms with Gasteiger partial charge in [0.2, 0.25) is 0 Å². The summed E-state index contributed by atoms with van der Waals surface area (Å²) < 4.78 is 37.5. The molecular weight excluding hydrogens is 293 g/mol. The lowest BCUT2D eigenvalue weighted by atomic mass is 9.94. The van der Waals surface area contributed by atoms with E-state index in [1.807, 2.05) is 4.90 Å². The molecule has 1 aliphatic carbocycles. The summed E-state index contributed by atoms with van der Waals surface area (Å²) in [5.41, 5.74) is -0.933. The van der Waals surface area contributed by atoms with Gasteiger partial charge >= 0.3 is 6.18 Å². The fourth-order valence-corrected chi connectivity index (χ4v) is 3.41. The fourth-order valence-electron chi connectivity index (χ4n) is 3.41. The zero-order valence-corrected chi connectivity index (χ0v) is 12.5. The molecule has 0 unspecified atom stereocenters. The minimum atomic E-state index is -4.43. The zero-order valence-electron chi connectivity index (χ0n) is 12.5. The van der Waals surface area contributed by atoms with Gasteiger partial charge in [-0.2, -0.15) is 13.2 Å². The largest absolute Gasteiger partial charge is 0.435 e. The zero-order chi connectivity index (χ0) is 15.6. The van der Waals surface area contributed by atoms with Gasteiger partial charge < -0.3 is 4.90 Å². The van der Waals surface area contributed by atoms with Crippen molar-refractivity contribution in [2.75, 3.05) is 31.1 Å². The van der Waals surface area contributed by atoms with Crippen molar-refractivity contribution in [3.63, 3.8) is 0 Å². The summed E-state index contributed by atoms with van der Waals surface area (Å²) >= 11 is 0. The molecule has 2 aliphatic rings. The Kier molecular flexibility index (Phi) is 4.52. The maximum absolute atomic E-state index is 12.5. The van der Waals surface area contributed by atoms with Crippen molar-refractivity contribution in [2.45, 2.75) is 44.3 Å². The van der Waals surface area contributed by atoms with Crippen molar-refractivity contribution in [1.29, 1.82) is 0 Å². The molecule has 1 saturated heterocycles. The second kappa shape index (κ2) is 6.40. The van der Waals surface area contributed by atoms with Gasteiger partial charge in [-0.25, -0.2) is 0 Å². The van der Waals surface area contributed by atoms with Crippen molar-refractivity contribution >= 4 is 5.82 Å². The topological polar surface area (TPSA) is 32.3 Å². The Morgan fingerprint density at radius 3 is 2.14 bits per heavy atom. The number of hydrogen-bond acceptors (Lipinski definition) is 4. The van der Waals surface area contributed by atoms with E-state index in [4.69, 9.17) is 0 Å². The molecule has 0 radical (unpaired) electrons. The summed E-state index contributed by atoms with van der Waals surface area (Å²) in [6.45, 7) is 3.51. The second-order valence-corrected chi connectivity index (χ2v) is 6.09. The molecule has 122 valence electrons. The highest BCUT2D eigenvalue weighted by Gasteiger charge is 2.33. The van der Waals surface area contributed by atoms with Crippen molar-refractivity contribution in [3.8, 4) is 0 Å². The van der Waals surface area contributed by atoms with E-state index < -0.39 is 11.9 Å². The summed E-state index contributed by atoms with van der Waals surface area (Å²) in [5, 5.41) is 7.05. The third-order valence-electron chi connectivity index (χ3n) is 4.67. The standard InChI is InChI=1S/C15H21F3N4/c16-15(17,18)13-6-7-14(20-19-13)22-10-8-21(9-11-22)12-4-2-1-3-5-12/h6-7,12H,1-5,8-11H2. The molecule has 1 aliphatic heterocycles. The fraction of sp³-hybridized carbons (Fsp3) is 0.733. The van der Waals surface area contributed by atoms with Gasteiger partial charge in [0.1, 0.15) is 0 Å². The van der Waals surface area contributed by atoms with Gasteiger partial charge in [0.15, 0.2) is 11.5 Å². The normalized spacial score (nSPS) is 22.0. The van der Waals surface area contributed by atoms with E-state index >= 15 is 0 Å². The molecule has 22 heavy (non-hydrogen) atoms. The number of hydrogen-bond donors (Lipinski definition) is 0. The number of nitrogens with zero attached hydrogens (tertiary/aromatic N) is 4. The van der Waals surface area contributed by atoms with Gasteiger partial charge in [0.05, 0.1) is 0 Å². The predicted octanol–water partition coefficient (Wildman–Crippen LogP) is 2.95. The van der Waals surface area contributed by atoms with Gasteiger partial charge in [-0.3, -0.25) is 4.90 Å². The Labute approximate surface area is 128 Å². The van der Waals surface area contributed by atoms with Crippen LogP contribution in [0.15, 0.2) is 12.1 Å². The number of rotatable bonds is 2. The smallest absolute Gasteiger partial charge is 0.353 e. The number of piperazine rings is 1. The average molecular weight is 314 g/mol. The quantitative estimate of drug-likeness (QED) is 0.840. The van der Waals surface area contributed by atoms with Crippen LogP contribution in [0.3, 0.4) is 0 Å². The first kappa shape index (κ1) is 15.5. The first-order valence-corrected chi connectivity index (χ1v) is 7.94. The molecule has 0 bridgehead atoms. The lowest BCUT2D eigenvalue weighted by Crippen LogP contribution is -2.51. The third kappa shape index (κ3) is 3.51. The molecule has 0 spiro atoms. The van der Waals surface area contributed by atoms with Crippen LogP contribution in [0.2, 0.25) is 0 Å². The van der Waals surface area contributed by atoms with Crippen LogP contribution in [0.1, 0.15) is 37.8 Å².